The predicted molar refractivity (Wildman–Crippen MR) is 99.2 cm³/mol. The van der Waals surface area contributed by atoms with Crippen molar-refractivity contribution in [2.45, 2.75) is 25.8 Å². The van der Waals surface area contributed by atoms with Crippen LogP contribution in [0.2, 0.25) is 0 Å². The SMILES string of the molecule is CC1CCN(C(=O)CN(C)C(=O)c2ccc(Br)s2)C(CN)C1.Cl. The van der Waals surface area contributed by atoms with Gasteiger partial charge in [0.15, 0.2) is 0 Å². The maximum atomic E-state index is 12.5. The molecule has 2 amide bonds. The molecular formula is C15H23BrClN3O2S. The van der Waals surface area contributed by atoms with Crippen LogP contribution in [0.1, 0.15) is 29.4 Å². The highest BCUT2D eigenvalue weighted by Gasteiger charge is 2.30. The van der Waals surface area contributed by atoms with Crippen molar-refractivity contribution < 1.29 is 9.59 Å². The van der Waals surface area contributed by atoms with Gasteiger partial charge in [0, 0.05) is 26.2 Å². The molecule has 0 bridgehead atoms. The van der Waals surface area contributed by atoms with Gasteiger partial charge in [0.25, 0.3) is 5.91 Å². The second-order valence-electron chi connectivity index (χ2n) is 5.87. The van der Waals surface area contributed by atoms with E-state index in [0.717, 1.165) is 23.2 Å². The first-order valence-corrected chi connectivity index (χ1v) is 9.03. The smallest absolute Gasteiger partial charge is 0.264 e. The van der Waals surface area contributed by atoms with Gasteiger partial charge in [0.1, 0.15) is 0 Å². The maximum Gasteiger partial charge on any atom is 0.264 e. The summed E-state index contributed by atoms with van der Waals surface area (Å²) in [6.45, 7) is 3.49. The highest BCUT2D eigenvalue weighted by molar-refractivity contribution is 9.11. The van der Waals surface area contributed by atoms with Gasteiger partial charge >= 0.3 is 0 Å². The molecule has 130 valence electrons. The third kappa shape index (κ3) is 5.17. The van der Waals surface area contributed by atoms with Crippen molar-refractivity contribution in [3.8, 4) is 0 Å². The number of amides is 2. The Kier molecular flexibility index (Phi) is 8.00. The first-order valence-electron chi connectivity index (χ1n) is 7.42. The largest absolute Gasteiger partial charge is 0.337 e. The van der Waals surface area contributed by atoms with E-state index in [0.29, 0.717) is 17.3 Å². The number of likely N-dealkylation sites (tertiary alicyclic amines) is 1. The maximum absolute atomic E-state index is 12.5. The number of thiophene rings is 1. The number of halogens is 2. The summed E-state index contributed by atoms with van der Waals surface area (Å²) in [7, 11) is 1.66. The van der Waals surface area contributed by atoms with Crippen LogP contribution in [0.15, 0.2) is 15.9 Å². The molecule has 1 aromatic rings. The molecule has 1 aliphatic heterocycles. The third-order valence-corrected chi connectivity index (χ3v) is 5.69. The van der Waals surface area contributed by atoms with Gasteiger partial charge in [-0.2, -0.15) is 0 Å². The molecule has 0 saturated carbocycles. The Labute approximate surface area is 155 Å². The van der Waals surface area contributed by atoms with E-state index >= 15 is 0 Å². The van der Waals surface area contributed by atoms with E-state index in [9.17, 15) is 9.59 Å². The lowest BCUT2D eigenvalue weighted by Gasteiger charge is -2.38. The number of nitrogens with zero attached hydrogens (tertiary/aromatic N) is 2. The van der Waals surface area contributed by atoms with Gasteiger partial charge < -0.3 is 15.5 Å². The molecule has 1 aliphatic rings. The van der Waals surface area contributed by atoms with Crippen LogP contribution < -0.4 is 5.73 Å². The Morgan fingerprint density at radius 1 is 1.48 bits per heavy atom. The summed E-state index contributed by atoms with van der Waals surface area (Å²) in [5, 5.41) is 0. The summed E-state index contributed by atoms with van der Waals surface area (Å²) < 4.78 is 0.906. The second kappa shape index (κ2) is 9.01. The number of hydrogen-bond donors (Lipinski definition) is 1. The van der Waals surface area contributed by atoms with Gasteiger partial charge in [0.2, 0.25) is 5.91 Å². The topological polar surface area (TPSA) is 66.6 Å². The molecule has 1 aromatic heterocycles. The van der Waals surface area contributed by atoms with Crippen LogP contribution in [0.3, 0.4) is 0 Å². The number of likely N-dealkylation sites (N-methyl/N-ethyl adjacent to an activating group) is 1. The molecule has 1 saturated heterocycles. The Bertz CT molecular complexity index is 555. The van der Waals surface area contributed by atoms with Gasteiger partial charge in [-0.15, -0.1) is 23.7 Å². The monoisotopic (exact) mass is 423 g/mol. The van der Waals surface area contributed by atoms with Crippen molar-refractivity contribution in [1.29, 1.82) is 0 Å². The highest BCUT2D eigenvalue weighted by atomic mass is 79.9. The van der Waals surface area contributed by atoms with Crippen LogP contribution in [0.4, 0.5) is 0 Å². The lowest BCUT2D eigenvalue weighted by Crippen LogP contribution is -2.52. The molecular weight excluding hydrogens is 402 g/mol. The number of piperidine rings is 1. The Morgan fingerprint density at radius 3 is 2.74 bits per heavy atom. The van der Waals surface area contributed by atoms with Gasteiger partial charge in [-0.25, -0.2) is 0 Å². The lowest BCUT2D eigenvalue weighted by molar-refractivity contribution is -0.135. The molecule has 0 spiro atoms. The number of hydrogen-bond acceptors (Lipinski definition) is 4. The van der Waals surface area contributed by atoms with E-state index in [1.165, 1.54) is 16.2 Å². The molecule has 0 radical (unpaired) electrons. The molecule has 0 aromatic carbocycles. The van der Waals surface area contributed by atoms with E-state index in [2.05, 4.69) is 22.9 Å². The van der Waals surface area contributed by atoms with Crippen molar-refractivity contribution in [2.24, 2.45) is 11.7 Å². The van der Waals surface area contributed by atoms with E-state index in [4.69, 9.17) is 5.73 Å². The van der Waals surface area contributed by atoms with Crippen LogP contribution in [0.25, 0.3) is 0 Å². The predicted octanol–water partition coefficient (Wildman–Crippen LogP) is 2.59. The minimum Gasteiger partial charge on any atom is -0.337 e. The van der Waals surface area contributed by atoms with Crippen LogP contribution in [-0.4, -0.2) is 54.3 Å². The zero-order valence-electron chi connectivity index (χ0n) is 13.3. The van der Waals surface area contributed by atoms with E-state index in [1.54, 1.807) is 13.1 Å². The van der Waals surface area contributed by atoms with Crippen molar-refractivity contribution in [3.63, 3.8) is 0 Å². The Morgan fingerprint density at radius 2 is 2.17 bits per heavy atom. The fourth-order valence-corrected chi connectivity index (χ4v) is 4.17. The first-order chi connectivity index (χ1) is 10.4. The molecule has 2 rings (SSSR count). The van der Waals surface area contributed by atoms with Crippen LogP contribution in [0.5, 0.6) is 0 Å². The second-order valence-corrected chi connectivity index (χ2v) is 8.33. The number of nitrogens with two attached hydrogens (primary N) is 1. The average Bonchev–Trinajstić information content (AvgIpc) is 2.92. The van der Waals surface area contributed by atoms with Crippen molar-refractivity contribution in [1.82, 2.24) is 9.80 Å². The lowest BCUT2D eigenvalue weighted by atomic mass is 9.92. The molecule has 1 fully saturated rings. The van der Waals surface area contributed by atoms with Crippen molar-refractivity contribution >= 4 is 51.5 Å². The number of rotatable bonds is 4. The van der Waals surface area contributed by atoms with Gasteiger partial charge in [-0.3, -0.25) is 9.59 Å². The summed E-state index contributed by atoms with van der Waals surface area (Å²) in [6, 6.07) is 3.70. The minimum absolute atomic E-state index is 0. The zero-order chi connectivity index (χ0) is 16.3. The molecule has 2 atom stereocenters. The molecule has 2 heterocycles. The van der Waals surface area contributed by atoms with Crippen LogP contribution >= 0.6 is 39.7 Å². The Balaban J connectivity index is 0.00000264. The summed E-state index contributed by atoms with van der Waals surface area (Å²) >= 11 is 4.72. The van der Waals surface area contributed by atoms with Gasteiger partial charge in [0.05, 0.1) is 15.2 Å². The fourth-order valence-electron chi connectivity index (χ4n) is 2.79. The van der Waals surface area contributed by atoms with Gasteiger partial charge in [-0.1, -0.05) is 6.92 Å². The van der Waals surface area contributed by atoms with E-state index in [1.807, 2.05) is 11.0 Å². The van der Waals surface area contributed by atoms with Gasteiger partial charge in [-0.05, 0) is 46.8 Å². The van der Waals surface area contributed by atoms with Crippen LogP contribution in [-0.2, 0) is 4.79 Å². The van der Waals surface area contributed by atoms with E-state index in [-0.39, 0.29) is 36.8 Å². The molecule has 2 unspecified atom stereocenters. The van der Waals surface area contributed by atoms with E-state index < -0.39 is 0 Å². The molecule has 2 N–H and O–H groups in total. The molecule has 23 heavy (non-hydrogen) atoms. The third-order valence-electron chi connectivity index (χ3n) is 4.07. The molecule has 8 heteroatoms. The van der Waals surface area contributed by atoms with Crippen molar-refractivity contribution in [2.75, 3.05) is 26.7 Å². The summed E-state index contributed by atoms with van der Waals surface area (Å²) in [5.74, 6) is 0.452. The first kappa shape index (κ1) is 20.4. The fraction of sp³-hybridized carbons (Fsp3) is 0.600. The minimum atomic E-state index is -0.126. The van der Waals surface area contributed by atoms with Crippen molar-refractivity contribution in [3.05, 3.63) is 20.8 Å². The van der Waals surface area contributed by atoms with Crippen LogP contribution in [0, 0.1) is 5.92 Å². The Hall–Kier alpha value is -0.630. The molecule has 5 nitrogen and oxygen atoms in total. The average molecular weight is 425 g/mol. The number of carbonyl (C=O) groups is 2. The number of carbonyl (C=O) groups excluding carboxylic acids is 2. The zero-order valence-corrected chi connectivity index (χ0v) is 16.5. The molecule has 0 aliphatic carbocycles. The summed E-state index contributed by atoms with van der Waals surface area (Å²) in [5.41, 5.74) is 5.80. The quantitative estimate of drug-likeness (QED) is 0.808. The highest BCUT2D eigenvalue weighted by Crippen LogP contribution is 2.24. The standard InChI is InChI=1S/C15H22BrN3O2S.ClH/c1-10-5-6-19(11(7-10)8-17)14(20)9-18(2)15(21)12-3-4-13(16)22-12;/h3-4,10-11H,5-9,17H2,1-2H3;1H. The summed E-state index contributed by atoms with van der Waals surface area (Å²) in [6.07, 6.45) is 1.94. The summed E-state index contributed by atoms with van der Waals surface area (Å²) in [4.78, 5) is 28.7. The normalized spacial score (nSPS) is 20.8.